The first-order chi connectivity index (χ1) is 10.1. The summed E-state index contributed by atoms with van der Waals surface area (Å²) in [7, 11) is 0. The standard InChI is InChI=1S/C18H24N2O/c1-18-9-8-14-13-5-3-12(21)10-11(13)2-4-15(14)16(18)6-7-17(18)20-19/h3,5,10,14-16,21H,2,4,6-9,19H2,1H3/b20-17-/t14-,15+,16+,18+/m1/s1. The van der Waals surface area contributed by atoms with Crippen LogP contribution in [0.15, 0.2) is 23.3 Å². The van der Waals surface area contributed by atoms with Crippen LogP contribution in [0.4, 0.5) is 0 Å². The van der Waals surface area contributed by atoms with Gasteiger partial charge in [-0.15, -0.1) is 0 Å². The number of hydrogen-bond donors (Lipinski definition) is 2. The monoisotopic (exact) mass is 284 g/mol. The third-order valence-electron chi connectivity index (χ3n) is 6.61. The van der Waals surface area contributed by atoms with Crippen LogP contribution in [0, 0.1) is 17.3 Å². The van der Waals surface area contributed by atoms with Crippen LogP contribution in [-0.2, 0) is 6.42 Å². The Labute approximate surface area is 126 Å². The van der Waals surface area contributed by atoms with E-state index in [-0.39, 0.29) is 5.41 Å². The van der Waals surface area contributed by atoms with Gasteiger partial charge in [0.1, 0.15) is 5.75 Å². The molecule has 3 N–H and O–H groups in total. The van der Waals surface area contributed by atoms with E-state index in [9.17, 15) is 5.11 Å². The molecule has 4 atom stereocenters. The molecule has 0 bridgehead atoms. The SMILES string of the molecule is C[C@]12CC[C@@H]3c4ccc(O)cc4CC[C@@H]3[C@@H]1CC/C2=N/N. The molecule has 3 heteroatoms. The lowest BCUT2D eigenvalue weighted by molar-refractivity contribution is 0.0955. The first-order valence-electron chi connectivity index (χ1n) is 8.22. The maximum atomic E-state index is 9.71. The van der Waals surface area contributed by atoms with Crippen LogP contribution in [0.25, 0.3) is 0 Å². The van der Waals surface area contributed by atoms with Gasteiger partial charge in [0, 0.05) is 11.1 Å². The van der Waals surface area contributed by atoms with Gasteiger partial charge >= 0.3 is 0 Å². The van der Waals surface area contributed by atoms with Crippen molar-refractivity contribution in [2.75, 3.05) is 0 Å². The molecule has 2 fully saturated rings. The van der Waals surface area contributed by atoms with Crippen LogP contribution in [0.3, 0.4) is 0 Å². The second kappa shape index (κ2) is 4.49. The fourth-order valence-corrected chi connectivity index (χ4v) is 5.57. The zero-order valence-corrected chi connectivity index (χ0v) is 12.7. The van der Waals surface area contributed by atoms with Crippen molar-refractivity contribution in [3.05, 3.63) is 29.3 Å². The quantitative estimate of drug-likeness (QED) is 0.565. The van der Waals surface area contributed by atoms with E-state index in [4.69, 9.17) is 5.84 Å². The van der Waals surface area contributed by atoms with Crippen LogP contribution in [0.2, 0.25) is 0 Å². The van der Waals surface area contributed by atoms with Crippen molar-refractivity contribution in [2.45, 2.75) is 51.4 Å². The summed E-state index contributed by atoms with van der Waals surface area (Å²) in [6, 6.07) is 5.99. The van der Waals surface area contributed by atoms with Crippen molar-refractivity contribution in [3.63, 3.8) is 0 Å². The Balaban J connectivity index is 1.72. The zero-order chi connectivity index (χ0) is 14.6. The van der Waals surface area contributed by atoms with Gasteiger partial charge in [0.15, 0.2) is 0 Å². The molecule has 0 spiro atoms. The van der Waals surface area contributed by atoms with E-state index in [0.29, 0.717) is 11.7 Å². The molecule has 112 valence electrons. The predicted octanol–water partition coefficient (Wildman–Crippen LogP) is 3.56. The summed E-state index contributed by atoms with van der Waals surface area (Å²) < 4.78 is 0. The number of phenols is 1. The summed E-state index contributed by atoms with van der Waals surface area (Å²) in [5.41, 5.74) is 4.35. The highest BCUT2D eigenvalue weighted by molar-refractivity contribution is 5.92. The topological polar surface area (TPSA) is 58.6 Å². The van der Waals surface area contributed by atoms with Gasteiger partial charge in [-0.25, -0.2) is 0 Å². The Morgan fingerprint density at radius 3 is 2.90 bits per heavy atom. The Morgan fingerprint density at radius 2 is 2.10 bits per heavy atom. The number of fused-ring (bicyclic) bond motifs is 5. The van der Waals surface area contributed by atoms with Crippen molar-refractivity contribution < 1.29 is 5.11 Å². The highest BCUT2D eigenvalue weighted by atomic mass is 16.3. The number of hydrazone groups is 1. The summed E-state index contributed by atoms with van der Waals surface area (Å²) in [6.45, 7) is 2.39. The number of nitrogens with zero attached hydrogens (tertiary/aromatic N) is 1. The fraction of sp³-hybridized carbons (Fsp3) is 0.611. The largest absolute Gasteiger partial charge is 0.508 e. The average molecular weight is 284 g/mol. The van der Waals surface area contributed by atoms with Gasteiger partial charge in [0.25, 0.3) is 0 Å². The molecular formula is C18H24N2O. The van der Waals surface area contributed by atoms with Gasteiger partial charge in [-0.3, -0.25) is 0 Å². The molecule has 3 aliphatic carbocycles. The van der Waals surface area contributed by atoms with Crippen LogP contribution in [0.1, 0.15) is 56.1 Å². The second-order valence-corrected chi connectivity index (χ2v) is 7.37. The molecule has 21 heavy (non-hydrogen) atoms. The summed E-state index contributed by atoms with van der Waals surface area (Å²) >= 11 is 0. The molecule has 2 saturated carbocycles. The zero-order valence-electron chi connectivity index (χ0n) is 12.7. The predicted molar refractivity (Wildman–Crippen MR) is 84.3 cm³/mol. The lowest BCUT2D eigenvalue weighted by atomic mass is 9.55. The summed E-state index contributed by atoms with van der Waals surface area (Å²) in [6.07, 6.45) is 7.12. The van der Waals surface area contributed by atoms with Crippen LogP contribution >= 0.6 is 0 Å². The maximum absolute atomic E-state index is 9.71. The number of aryl methyl sites for hydroxylation is 1. The molecule has 0 amide bonds. The number of aromatic hydroxyl groups is 1. The molecule has 0 saturated heterocycles. The smallest absolute Gasteiger partial charge is 0.115 e. The second-order valence-electron chi connectivity index (χ2n) is 7.37. The molecule has 3 aliphatic rings. The Kier molecular flexibility index (Phi) is 2.82. The molecule has 1 aromatic carbocycles. The third-order valence-corrected chi connectivity index (χ3v) is 6.61. The highest BCUT2D eigenvalue weighted by Crippen LogP contribution is 2.59. The van der Waals surface area contributed by atoms with Crippen molar-refractivity contribution in [1.29, 1.82) is 0 Å². The van der Waals surface area contributed by atoms with E-state index in [2.05, 4.69) is 18.1 Å². The average Bonchev–Trinajstić information content (AvgIpc) is 2.83. The lowest BCUT2D eigenvalue weighted by Gasteiger charge is -2.49. The molecule has 0 radical (unpaired) electrons. The number of phenolic OH excluding ortho intramolecular Hbond substituents is 1. The normalized spacial score (nSPS) is 39.7. The van der Waals surface area contributed by atoms with Crippen molar-refractivity contribution in [1.82, 2.24) is 0 Å². The first-order valence-corrected chi connectivity index (χ1v) is 8.22. The maximum Gasteiger partial charge on any atom is 0.115 e. The van der Waals surface area contributed by atoms with Crippen LogP contribution < -0.4 is 5.84 Å². The minimum absolute atomic E-state index is 0.240. The van der Waals surface area contributed by atoms with Crippen LogP contribution in [0.5, 0.6) is 5.75 Å². The molecule has 0 aromatic heterocycles. The number of hydrogen-bond acceptors (Lipinski definition) is 3. The van der Waals surface area contributed by atoms with Gasteiger partial charge in [-0.2, -0.15) is 5.10 Å². The van der Waals surface area contributed by atoms with E-state index in [1.54, 1.807) is 0 Å². The van der Waals surface area contributed by atoms with Crippen molar-refractivity contribution in [3.8, 4) is 5.75 Å². The highest BCUT2D eigenvalue weighted by Gasteiger charge is 2.53. The summed E-state index contributed by atoms with van der Waals surface area (Å²) in [5.74, 6) is 8.23. The van der Waals surface area contributed by atoms with Gasteiger partial charge in [0.05, 0.1) is 0 Å². The Hall–Kier alpha value is -1.51. The van der Waals surface area contributed by atoms with Crippen molar-refractivity contribution >= 4 is 5.71 Å². The van der Waals surface area contributed by atoms with Crippen molar-refractivity contribution in [2.24, 2.45) is 28.2 Å². The first kappa shape index (κ1) is 13.2. The minimum atomic E-state index is 0.240. The molecule has 0 unspecified atom stereocenters. The molecule has 4 rings (SSSR count). The van der Waals surface area contributed by atoms with E-state index in [1.807, 2.05) is 12.1 Å². The van der Waals surface area contributed by atoms with E-state index >= 15 is 0 Å². The number of rotatable bonds is 0. The fourth-order valence-electron chi connectivity index (χ4n) is 5.57. The van der Waals surface area contributed by atoms with Gasteiger partial charge in [0.2, 0.25) is 0 Å². The molecule has 1 aromatic rings. The third kappa shape index (κ3) is 1.76. The van der Waals surface area contributed by atoms with E-state index in [0.717, 1.165) is 24.7 Å². The Morgan fingerprint density at radius 1 is 1.24 bits per heavy atom. The van der Waals surface area contributed by atoms with Gasteiger partial charge < -0.3 is 10.9 Å². The van der Waals surface area contributed by atoms with E-state index in [1.165, 1.54) is 42.5 Å². The minimum Gasteiger partial charge on any atom is -0.508 e. The summed E-state index contributed by atoms with van der Waals surface area (Å²) in [4.78, 5) is 0. The number of nitrogens with two attached hydrogens (primary N) is 1. The number of benzene rings is 1. The molecule has 0 aliphatic heterocycles. The molecular weight excluding hydrogens is 260 g/mol. The van der Waals surface area contributed by atoms with Crippen LogP contribution in [-0.4, -0.2) is 10.8 Å². The molecule has 3 nitrogen and oxygen atoms in total. The van der Waals surface area contributed by atoms with E-state index < -0.39 is 0 Å². The molecule has 0 heterocycles. The van der Waals surface area contributed by atoms with Gasteiger partial charge in [-0.05, 0) is 79.5 Å². The Bertz CT molecular complexity index is 609. The lowest BCUT2D eigenvalue weighted by Crippen LogP contribution is -2.42. The van der Waals surface area contributed by atoms with Gasteiger partial charge in [-0.1, -0.05) is 13.0 Å². The summed E-state index contributed by atoms with van der Waals surface area (Å²) in [5, 5.41) is 13.8.